The first-order valence-corrected chi connectivity index (χ1v) is 15.4. The van der Waals surface area contributed by atoms with E-state index in [4.69, 9.17) is 0 Å². The standard InChI is InChI=1S/C34H39FN6O2/c1-4-31(42)40-15-5-7-29(40)34-37-20-28(39-34)25-14-13-24(18-26(25)35)22-9-11-23(12-10-22)27-19-36-33(38-27)30-8-6-16-41(30)32(43)17-21(2)3/h9-14,18-21,29-30H,4-8,15-17H2,1-3H3,(H,36,38)(H,37,39)/t29-,30-/m0/s1. The summed E-state index contributed by atoms with van der Waals surface area (Å²) in [5.74, 6) is 1.83. The molecule has 2 N–H and O–H groups in total. The third-order valence-electron chi connectivity index (χ3n) is 8.64. The molecule has 2 aromatic heterocycles. The minimum absolute atomic E-state index is 0.0114. The van der Waals surface area contributed by atoms with Crippen LogP contribution in [0, 0.1) is 11.7 Å². The van der Waals surface area contributed by atoms with Crippen LogP contribution >= 0.6 is 0 Å². The number of likely N-dealkylation sites (tertiary alicyclic amines) is 2. The Hall–Kier alpha value is -4.27. The minimum atomic E-state index is -0.337. The van der Waals surface area contributed by atoms with E-state index in [1.54, 1.807) is 18.3 Å². The lowest BCUT2D eigenvalue weighted by molar-refractivity contribution is -0.133. The Morgan fingerprint density at radius 2 is 1.40 bits per heavy atom. The van der Waals surface area contributed by atoms with Gasteiger partial charge in [-0.15, -0.1) is 0 Å². The summed E-state index contributed by atoms with van der Waals surface area (Å²) in [5.41, 5.74) is 4.60. The van der Waals surface area contributed by atoms with E-state index in [2.05, 4.69) is 33.8 Å². The summed E-state index contributed by atoms with van der Waals surface area (Å²) in [5, 5.41) is 0. The SMILES string of the molecule is CCC(=O)N1CCC[C@H]1c1ncc(-c2ccc(-c3ccc(-c4cnc([C@@H]5CCCN5C(=O)CC(C)C)[nH]4)cc3)cc2F)[nH]1. The number of amides is 2. The van der Waals surface area contributed by atoms with Gasteiger partial charge in [-0.3, -0.25) is 9.59 Å². The molecule has 2 aliphatic heterocycles. The summed E-state index contributed by atoms with van der Waals surface area (Å²) in [6.45, 7) is 7.51. The molecule has 2 amide bonds. The number of hydrogen-bond donors (Lipinski definition) is 2. The highest BCUT2D eigenvalue weighted by Gasteiger charge is 2.33. The maximum atomic E-state index is 15.4. The van der Waals surface area contributed by atoms with Crippen molar-refractivity contribution in [1.82, 2.24) is 29.7 Å². The van der Waals surface area contributed by atoms with Crippen molar-refractivity contribution in [2.75, 3.05) is 13.1 Å². The number of nitrogens with one attached hydrogen (secondary N) is 2. The number of halogens is 1. The molecule has 0 aliphatic carbocycles. The average Bonchev–Trinajstić information content (AvgIpc) is 3.82. The van der Waals surface area contributed by atoms with Crippen LogP contribution in [-0.4, -0.2) is 54.6 Å². The fraction of sp³-hybridized carbons (Fsp3) is 0.412. The van der Waals surface area contributed by atoms with Crippen molar-refractivity contribution < 1.29 is 14.0 Å². The lowest BCUT2D eigenvalue weighted by atomic mass is 10.0. The van der Waals surface area contributed by atoms with E-state index in [9.17, 15) is 9.59 Å². The summed E-state index contributed by atoms with van der Waals surface area (Å²) in [6, 6.07) is 13.1. The highest BCUT2D eigenvalue weighted by molar-refractivity contribution is 5.77. The van der Waals surface area contributed by atoms with Gasteiger partial charge in [0.25, 0.3) is 0 Å². The summed E-state index contributed by atoms with van der Waals surface area (Å²) in [7, 11) is 0. The molecule has 43 heavy (non-hydrogen) atoms. The first kappa shape index (κ1) is 28.8. The maximum absolute atomic E-state index is 15.4. The van der Waals surface area contributed by atoms with Crippen molar-refractivity contribution in [3.8, 4) is 33.6 Å². The molecule has 0 unspecified atom stereocenters. The van der Waals surface area contributed by atoms with E-state index in [1.807, 2.05) is 53.3 Å². The number of nitrogens with zero attached hydrogens (tertiary/aromatic N) is 4. The number of imidazole rings is 2. The van der Waals surface area contributed by atoms with E-state index < -0.39 is 0 Å². The Balaban J connectivity index is 1.15. The molecule has 0 radical (unpaired) electrons. The Morgan fingerprint density at radius 3 is 2.00 bits per heavy atom. The Labute approximate surface area is 251 Å². The van der Waals surface area contributed by atoms with Crippen LogP contribution in [0.1, 0.15) is 83.0 Å². The molecule has 2 saturated heterocycles. The van der Waals surface area contributed by atoms with E-state index in [-0.39, 0.29) is 29.7 Å². The van der Waals surface area contributed by atoms with Crippen LogP contribution in [0.5, 0.6) is 0 Å². The monoisotopic (exact) mass is 582 g/mol. The lowest BCUT2D eigenvalue weighted by Crippen LogP contribution is -2.31. The molecule has 2 aliphatic rings. The van der Waals surface area contributed by atoms with Gasteiger partial charge in [0.1, 0.15) is 17.5 Å². The molecular weight excluding hydrogens is 543 g/mol. The maximum Gasteiger partial charge on any atom is 0.223 e. The van der Waals surface area contributed by atoms with E-state index in [0.29, 0.717) is 35.8 Å². The fourth-order valence-corrected chi connectivity index (χ4v) is 6.42. The van der Waals surface area contributed by atoms with Crippen LogP contribution in [0.2, 0.25) is 0 Å². The third-order valence-corrected chi connectivity index (χ3v) is 8.64. The van der Waals surface area contributed by atoms with Crippen molar-refractivity contribution in [3.63, 3.8) is 0 Å². The molecule has 2 fully saturated rings. The number of benzene rings is 2. The van der Waals surface area contributed by atoms with Crippen molar-refractivity contribution >= 4 is 11.8 Å². The quantitative estimate of drug-likeness (QED) is 0.232. The van der Waals surface area contributed by atoms with Crippen molar-refractivity contribution in [3.05, 3.63) is 72.3 Å². The first-order chi connectivity index (χ1) is 20.8. The van der Waals surface area contributed by atoms with E-state index >= 15 is 4.39 Å². The zero-order valence-electron chi connectivity index (χ0n) is 25.1. The van der Waals surface area contributed by atoms with Gasteiger partial charge in [0.15, 0.2) is 0 Å². The third kappa shape index (κ3) is 5.85. The van der Waals surface area contributed by atoms with E-state index in [1.165, 1.54) is 0 Å². The van der Waals surface area contributed by atoms with Crippen LogP contribution in [0.4, 0.5) is 4.39 Å². The normalized spacial score (nSPS) is 18.6. The number of hydrogen-bond acceptors (Lipinski definition) is 4. The predicted octanol–water partition coefficient (Wildman–Crippen LogP) is 7.06. The van der Waals surface area contributed by atoms with Gasteiger partial charge in [0, 0.05) is 31.5 Å². The van der Waals surface area contributed by atoms with Gasteiger partial charge in [-0.05, 0) is 60.4 Å². The van der Waals surface area contributed by atoms with Gasteiger partial charge >= 0.3 is 0 Å². The minimum Gasteiger partial charge on any atom is -0.340 e. The molecule has 0 saturated carbocycles. The van der Waals surface area contributed by atoms with Crippen LogP contribution < -0.4 is 0 Å². The van der Waals surface area contributed by atoms with Gasteiger partial charge in [0.2, 0.25) is 11.8 Å². The number of aromatic nitrogens is 4. The molecule has 2 atom stereocenters. The summed E-state index contributed by atoms with van der Waals surface area (Å²) in [4.78, 5) is 44.8. The van der Waals surface area contributed by atoms with Crippen LogP contribution in [0.15, 0.2) is 54.9 Å². The molecule has 9 heteroatoms. The van der Waals surface area contributed by atoms with E-state index in [0.717, 1.165) is 67.0 Å². The highest BCUT2D eigenvalue weighted by Crippen LogP contribution is 2.35. The van der Waals surface area contributed by atoms with Gasteiger partial charge < -0.3 is 19.8 Å². The molecule has 2 aromatic carbocycles. The summed E-state index contributed by atoms with van der Waals surface area (Å²) < 4.78 is 15.4. The van der Waals surface area contributed by atoms with Crippen LogP contribution in [0.25, 0.3) is 33.6 Å². The summed E-state index contributed by atoms with van der Waals surface area (Å²) >= 11 is 0. The topological polar surface area (TPSA) is 98.0 Å². The van der Waals surface area contributed by atoms with Gasteiger partial charge in [-0.2, -0.15) is 0 Å². The second-order valence-corrected chi connectivity index (χ2v) is 12.1. The fourth-order valence-electron chi connectivity index (χ4n) is 6.42. The van der Waals surface area contributed by atoms with Crippen molar-refractivity contribution in [2.24, 2.45) is 5.92 Å². The Kier molecular flexibility index (Phi) is 8.15. The van der Waals surface area contributed by atoms with Crippen molar-refractivity contribution in [2.45, 2.75) is 71.4 Å². The number of aromatic amines is 2. The lowest BCUT2D eigenvalue weighted by Gasteiger charge is -2.24. The zero-order chi connectivity index (χ0) is 30.1. The van der Waals surface area contributed by atoms with Gasteiger partial charge in [-0.1, -0.05) is 51.1 Å². The zero-order valence-corrected chi connectivity index (χ0v) is 25.1. The smallest absolute Gasteiger partial charge is 0.223 e. The molecule has 6 rings (SSSR count). The number of rotatable bonds is 8. The van der Waals surface area contributed by atoms with Crippen LogP contribution in [-0.2, 0) is 9.59 Å². The average molecular weight is 583 g/mol. The molecule has 224 valence electrons. The summed E-state index contributed by atoms with van der Waals surface area (Å²) in [6.07, 6.45) is 8.17. The van der Waals surface area contributed by atoms with Gasteiger partial charge in [-0.25, -0.2) is 14.4 Å². The largest absolute Gasteiger partial charge is 0.340 e. The molecule has 4 heterocycles. The Bertz CT molecular complexity index is 1610. The molecule has 8 nitrogen and oxygen atoms in total. The first-order valence-electron chi connectivity index (χ1n) is 15.4. The second kappa shape index (κ2) is 12.1. The van der Waals surface area contributed by atoms with Gasteiger partial charge in [0.05, 0.1) is 35.9 Å². The Morgan fingerprint density at radius 1 is 0.837 bits per heavy atom. The molecular formula is C34H39FN6O2. The van der Waals surface area contributed by atoms with Crippen molar-refractivity contribution in [1.29, 1.82) is 0 Å². The number of H-pyrrole nitrogens is 2. The molecule has 0 spiro atoms. The highest BCUT2D eigenvalue weighted by atomic mass is 19.1. The number of carbonyl (C=O) groups is 2. The molecule has 0 bridgehead atoms. The second-order valence-electron chi connectivity index (χ2n) is 12.1. The predicted molar refractivity (Wildman–Crippen MR) is 164 cm³/mol. The van der Waals surface area contributed by atoms with Crippen LogP contribution in [0.3, 0.4) is 0 Å². The molecule has 4 aromatic rings. The number of carbonyl (C=O) groups excluding carboxylic acids is 2.